The standard InChI is InChI=1S/C8H12O/c1-3-5-6-7-8(9)4-2/h4-7,9H,2-3H2,1H3/b6-5+,8-7+. The monoisotopic (exact) mass is 124 g/mol. The van der Waals surface area contributed by atoms with Crippen LogP contribution in [0.15, 0.2) is 36.6 Å². The second kappa shape index (κ2) is 5.16. The smallest absolute Gasteiger partial charge is 0.114 e. The molecule has 1 nitrogen and oxygen atoms in total. The SMILES string of the molecule is C=C/C(O)=C\C=C\CC. The van der Waals surface area contributed by atoms with Gasteiger partial charge in [0.15, 0.2) is 0 Å². The number of hydrogen-bond donors (Lipinski definition) is 1. The molecule has 0 aromatic rings. The van der Waals surface area contributed by atoms with Gasteiger partial charge < -0.3 is 5.11 Å². The van der Waals surface area contributed by atoms with E-state index in [1.165, 1.54) is 6.08 Å². The maximum absolute atomic E-state index is 8.78. The third-order valence-corrected chi connectivity index (χ3v) is 0.848. The Morgan fingerprint density at radius 3 is 2.78 bits per heavy atom. The third kappa shape index (κ3) is 4.88. The van der Waals surface area contributed by atoms with E-state index in [1.807, 2.05) is 13.0 Å². The predicted molar refractivity (Wildman–Crippen MR) is 40.3 cm³/mol. The van der Waals surface area contributed by atoms with Crippen LogP contribution < -0.4 is 0 Å². The first kappa shape index (κ1) is 8.02. The first-order valence-electron chi connectivity index (χ1n) is 2.99. The average molecular weight is 124 g/mol. The topological polar surface area (TPSA) is 20.2 Å². The fourth-order valence-corrected chi connectivity index (χ4v) is 0.371. The van der Waals surface area contributed by atoms with Crippen molar-refractivity contribution in [2.24, 2.45) is 0 Å². The molecule has 0 aliphatic carbocycles. The van der Waals surface area contributed by atoms with Gasteiger partial charge in [-0.15, -0.1) is 0 Å². The van der Waals surface area contributed by atoms with Gasteiger partial charge in [0.1, 0.15) is 5.76 Å². The summed E-state index contributed by atoms with van der Waals surface area (Å²) in [6.07, 6.45) is 7.76. The van der Waals surface area contributed by atoms with Crippen molar-refractivity contribution in [1.82, 2.24) is 0 Å². The molecule has 50 valence electrons. The van der Waals surface area contributed by atoms with Gasteiger partial charge in [-0.2, -0.15) is 0 Å². The van der Waals surface area contributed by atoms with Crippen LogP contribution in [0.4, 0.5) is 0 Å². The summed E-state index contributed by atoms with van der Waals surface area (Å²) in [4.78, 5) is 0. The van der Waals surface area contributed by atoms with Crippen molar-refractivity contribution >= 4 is 0 Å². The normalized spacial score (nSPS) is 12.3. The van der Waals surface area contributed by atoms with Crippen LogP contribution >= 0.6 is 0 Å². The zero-order valence-corrected chi connectivity index (χ0v) is 5.67. The zero-order valence-electron chi connectivity index (χ0n) is 5.67. The number of hydrogen-bond acceptors (Lipinski definition) is 1. The molecular formula is C8H12O. The summed E-state index contributed by atoms with van der Waals surface area (Å²) in [7, 11) is 0. The first-order chi connectivity index (χ1) is 4.31. The Morgan fingerprint density at radius 1 is 1.67 bits per heavy atom. The lowest BCUT2D eigenvalue weighted by molar-refractivity contribution is 0.433. The molecule has 1 N–H and O–H groups in total. The molecule has 0 aliphatic heterocycles. The number of allylic oxidation sites excluding steroid dienone is 4. The predicted octanol–water partition coefficient (Wildman–Crippen LogP) is 2.58. The second-order valence-electron chi connectivity index (χ2n) is 1.63. The van der Waals surface area contributed by atoms with E-state index in [4.69, 9.17) is 5.11 Å². The lowest BCUT2D eigenvalue weighted by Gasteiger charge is -1.82. The van der Waals surface area contributed by atoms with E-state index < -0.39 is 0 Å². The molecule has 0 fully saturated rings. The molecule has 0 aliphatic rings. The quantitative estimate of drug-likeness (QED) is 0.453. The van der Waals surface area contributed by atoms with Gasteiger partial charge in [-0.05, 0) is 18.6 Å². The van der Waals surface area contributed by atoms with Crippen LogP contribution in [0.25, 0.3) is 0 Å². The second-order valence-corrected chi connectivity index (χ2v) is 1.63. The highest BCUT2D eigenvalue weighted by atomic mass is 16.3. The van der Waals surface area contributed by atoms with E-state index in [-0.39, 0.29) is 5.76 Å². The number of aliphatic hydroxyl groups excluding tert-OH is 1. The van der Waals surface area contributed by atoms with E-state index in [2.05, 4.69) is 6.58 Å². The van der Waals surface area contributed by atoms with Crippen molar-refractivity contribution in [3.63, 3.8) is 0 Å². The van der Waals surface area contributed by atoms with Gasteiger partial charge in [-0.1, -0.05) is 25.7 Å². The minimum absolute atomic E-state index is 0.208. The summed E-state index contributed by atoms with van der Waals surface area (Å²) in [5.41, 5.74) is 0. The summed E-state index contributed by atoms with van der Waals surface area (Å²) in [5.74, 6) is 0.208. The van der Waals surface area contributed by atoms with Gasteiger partial charge in [-0.25, -0.2) is 0 Å². The highest BCUT2D eigenvalue weighted by Crippen LogP contribution is 1.89. The van der Waals surface area contributed by atoms with E-state index in [9.17, 15) is 0 Å². The van der Waals surface area contributed by atoms with Crippen molar-refractivity contribution in [2.45, 2.75) is 13.3 Å². The largest absolute Gasteiger partial charge is 0.508 e. The van der Waals surface area contributed by atoms with Crippen molar-refractivity contribution in [3.05, 3.63) is 36.6 Å². The summed E-state index contributed by atoms with van der Waals surface area (Å²) in [5, 5.41) is 8.78. The molecular weight excluding hydrogens is 112 g/mol. The van der Waals surface area contributed by atoms with Gasteiger partial charge in [0.25, 0.3) is 0 Å². The third-order valence-electron chi connectivity index (χ3n) is 0.848. The Kier molecular flexibility index (Phi) is 4.60. The lowest BCUT2D eigenvalue weighted by Crippen LogP contribution is -1.67. The van der Waals surface area contributed by atoms with Crippen LogP contribution in [0.2, 0.25) is 0 Å². The van der Waals surface area contributed by atoms with E-state index >= 15 is 0 Å². The molecule has 0 saturated carbocycles. The molecule has 0 saturated heterocycles. The average Bonchev–Trinajstić information content (AvgIpc) is 1.89. The van der Waals surface area contributed by atoms with Crippen LogP contribution in [-0.4, -0.2) is 5.11 Å². The first-order valence-corrected chi connectivity index (χ1v) is 2.99. The van der Waals surface area contributed by atoms with Crippen LogP contribution in [0.3, 0.4) is 0 Å². The molecule has 0 aromatic carbocycles. The Morgan fingerprint density at radius 2 is 2.33 bits per heavy atom. The zero-order chi connectivity index (χ0) is 7.11. The van der Waals surface area contributed by atoms with E-state index in [0.717, 1.165) is 6.42 Å². The molecule has 0 bridgehead atoms. The molecule has 0 atom stereocenters. The summed E-state index contributed by atoms with van der Waals surface area (Å²) in [6, 6.07) is 0. The molecule has 1 heteroatoms. The van der Waals surface area contributed by atoms with Gasteiger partial charge in [0.2, 0.25) is 0 Å². The Hall–Kier alpha value is -0.980. The van der Waals surface area contributed by atoms with Crippen LogP contribution in [0.1, 0.15) is 13.3 Å². The Bertz CT molecular complexity index is 132. The van der Waals surface area contributed by atoms with Gasteiger partial charge >= 0.3 is 0 Å². The summed E-state index contributed by atoms with van der Waals surface area (Å²) in [6.45, 7) is 5.42. The van der Waals surface area contributed by atoms with Crippen molar-refractivity contribution < 1.29 is 5.11 Å². The van der Waals surface area contributed by atoms with Crippen molar-refractivity contribution in [3.8, 4) is 0 Å². The molecule has 0 aromatic heterocycles. The highest BCUT2D eigenvalue weighted by Gasteiger charge is 1.74. The van der Waals surface area contributed by atoms with E-state index in [1.54, 1.807) is 12.2 Å². The van der Waals surface area contributed by atoms with Crippen LogP contribution in [-0.2, 0) is 0 Å². The minimum atomic E-state index is 0.208. The molecule has 9 heavy (non-hydrogen) atoms. The van der Waals surface area contributed by atoms with E-state index in [0.29, 0.717) is 0 Å². The summed E-state index contributed by atoms with van der Waals surface area (Å²) >= 11 is 0. The molecule has 0 heterocycles. The molecule has 0 radical (unpaired) electrons. The summed E-state index contributed by atoms with van der Waals surface area (Å²) < 4.78 is 0. The molecule has 0 rings (SSSR count). The maximum atomic E-state index is 8.78. The fraction of sp³-hybridized carbons (Fsp3) is 0.250. The van der Waals surface area contributed by atoms with Crippen LogP contribution in [0, 0.1) is 0 Å². The van der Waals surface area contributed by atoms with Gasteiger partial charge in [0, 0.05) is 0 Å². The van der Waals surface area contributed by atoms with Crippen molar-refractivity contribution in [1.29, 1.82) is 0 Å². The maximum Gasteiger partial charge on any atom is 0.114 e. The number of aliphatic hydroxyl groups is 1. The Labute approximate surface area is 56.0 Å². The fourth-order valence-electron chi connectivity index (χ4n) is 0.371. The Balaban J connectivity index is 3.68. The van der Waals surface area contributed by atoms with Gasteiger partial charge in [-0.3, -0.25) is 0 Å². The molecule has 0 spiro atoms. The highest BCUT2D eigenvalue weighted by molar-refractivity contribution is 5.14. The number of rotatable bonds is 3. The minimum Gasteiger partial charge on any atom is -0.508 e. The van der Waals surface area contributed by atoms with Crippen LogP contribution in [0.5, 0.6) is 0 Å². The van der Waals surface area contributed by atoms with Gasteiger partial charge in [0.05, 0.1) is 0 Å². The molecule has 0 amide bonds. The lowest BCUT2D eigenvalue weighted by atomic mass is 10.3. The van der Waals surface area contributed by atoms with Crippen molar-refractivity contribution in [2.75, 3.05) is 0 Å². The molecule has 0 unspecified atom stereocenters.